The molecule has 1 aromatic heterocycles. The second-order valence-corrected chi connectivity index (χ2v) is 4.41. The lowest BCUT2D eigenvalue weighted by Gasteiger charge is -2.16. The summed E-state index contributed by atoms with van der Waals surface area (Å²) in [5.41, 5.74) is 4.73. The summed E-state index contributed by atoms with van der Waals surface area (Å²) in [5.74, 6) is 0.0742. The molecule has 1 fully saturated rings. The number of hydrogen-bond donors (Lipinski definition) is 3. The molecule has 0 bridgehead atoms. The van der Waals surface area contributed by atoms with Crippen LogP contribution in [0.2, 0.25) is 0 Å². The van der Waals surface area contributed by atoms with Crippen LogP contribution in [0.1, 0.15) is 6.23 Å². The van der Waals surface area contributed by atoms with Gasteiger partial charge in [0, 0.05) is 6.20 Å². The predicted molar refractivity (Wildman–Crippen MR) is 69.8 cm³/mol. The smallest absolute Gasteiger partial charge is 0.351 e. The van der Waals surface area contributed by atoms with Gasteiger partial charge in [-0.25, -0.2) is 4.79 Å². The average Bonchev–Trinajstić information content (AvgIpc) is 2.68. The van der Waals surface area contributed by atoms with Gasteiger partial charge in [0.15, 0.2) is 6.23 Å². The number of aliphatic hydroxyl groups excluding tert-OH is 2. The predicted octanol–water partition coefficient (Wildman–Crippen LogP) is -1.35. The molecule has 4 atom stereocenters. The molecule has 0 spiro atoms. The minimum atomic E-state index is -1.25. The first kappa shape index (κ1) is 14.7. The fraction of sp³-hybridized carbons (Fsp3) is 0.500. The number of nitrogens with two attached hydrogens (primary N) is 1. The zero-order valence-electron chi connectivity index (χ0n) is 10.8. The quantitative estimate of drug-likeness (QED) is 0.451. The summed E-state index contributed by atoms with van der Waals surface area (Å²) >= 11 is 0. The second-order valence-electron chi connectivity index (χ2n) is 4.41. The maximum absolute atomic E-state index is 11.7. The van der Waals surface area contributed by atoms with E-state index >= 15 is 0 Å². The number of hydrogen-bond acceptors (Lipinski definition) is 7. The van der Waals surface area contributed by atoms with Crippen molar-refractivity contribution in [2.45, 2.75) is 24.5 Å². The van der Waals surface area contributed by atoms with Gasteiger partial charge in [0.25, 0.3) is 0 Å². The lowest BCUT2D eigenvalue weighted by atomic mass is 10.1. The SMILES string of the molecule is C=CCOC[C@H]1O[C@@H](n2ccc(N)nc2=O)[C@H](O)[C@@H]1O. The van der Waals surface area contributed by atoms with Gasteiger partial charge in [-0.2, -0.15) is 4.98 Å². The van der Waals surface area contributed by atoms with Crippen LogP contribution >= 0.6 is 0 Å². The van der Waals surface area contributed by atoms with Crippen molar-refractivity contribution in [2.75, 3.05) is 18.9 Å². The highest BCUT2D eigenvalue weighted by atomic mass is 16.6. The number of nitrogen functional groups attached to an aromatic ring is 1. The Morgan fingerprint density at radius 1 is 1.55 bits per heavy atom. The van der Waals surface area contributed by atoms with Crippen molar-refractivity contribution in [1.82, 2.24) is 9.55 Å². The molecule has 0 saturated carbocycles. The van der Waals surface area contributed by atoms with E-state index in [-0.39, 0.29) is 12.4 Å². The molecule has 1 aliphatic heterocycles. The third-order valence-electron chi connectivity index (χ3n) is 2.98. The lowest BCUT2D eigenvalue weighted by molar-refractivity contribution is -0.0651. The Hall–Kier alpha value is -1.74. The van der Waals surface area contributed by atoms with E-state index in [9.17, 15) is 15.0 Å². The summed E-state index contributed by atoms with van der Waals surface area (Å²) in [6.07, 6.45) is -1.26. The summed E-state index contributed by atoms with van der Waals surface area (Å²) in [4.78, 5) is 15.2. The molecule has 2 rings (SSSR count). The van der Waals surface area contributed by atoms with Gasteiger partial charge in [-0.15, -0.1) is 6.58 Å². The molecule has 1 aliphatic rings. The zero-order chi connectivity index (χ0) is 14.7. The first-order chi connectivity index (χ1) is 9.54. The summed E-state index contributed by atoms with van der Waals surface area (Å²) in [6.45, 7) is 3.88. The van der Waals surface area contributed by atoms with E-state index in [0.717, 1.165) is 4.57 Å². The van der Waals surface area contributed by atoms with Crippen molar-refractivity contribution < 1.29 is 19.7 Å². The molecule has 0 radical (unpaired) electrons. The summed E-state index contributed by atoms with van der Waals surface area (Å²) in [5, 5.41) is 19.9. The van der Waals surface area contributed by atoms with E-state index in [1.165, 1.54) is 12.3 Å². The van der Waals surface area contributed by atoms with Crippen LogP contribution in [-0.4, -0.2) is 51.3 Å². The largest absolute Gasteiger partial charge is 0.387 e. The van der Waals surface area contributed by atoms with Gasteiger partial charge < -0.3 is 25.4 Å². The Bertz CT molecular complexity index is 532. The van der Waals surface area contributed by atoms with Gasteiger partial charge in [-0.3, -0.25) is 4.57 Å². The third kappa shape index (κ3) is 2.88. The molecule has 2 heterocycles. The molecule has 1 saturated heterocycles. The van der Waals surface area contributed by atoms with Crippen LogP contribution in [-0.2, 0) is 9.47 Å². The van der Waals surface area contributed by atoms with Gasteiger partial charge in [0.05, 0.1) is 13.2 Å². The Morgan fingerprint density at radius 2 is 2.30 bits per heavy atom. The number of aromatic nitrogens is 2. The van der Waals surface area contributed by atoms with Gasteiger partial charge in [0.1, 0.15) is 24.1 Å². The number of nitrogens with zero attached hydrogens (tertiary/aromatic N) is 2. The molecule has 0 aromatic carbocycles. The normalized spacial score (nSPS) is 29.5. The van der Waals surface area contributed by atoms with E-state index in [1.807, 2.05) is 0 Å². The number of rotatable bonds is 5. The molecule has 0 amide bonds. The van der Waals surface area contributed by atoms with Crippen molar-refractivity contribution in [2.24, 2.45) is 0 Å². The maximum atomic E-state index is 11.7. The number of anilines is 1. The van der Waals surface area contributed by atoms with Crippen molar-refractivity contribution in [3.05, 3.63) is 35.4 Å². The van der Waals surface area contributed by atoms with Crippen molar-refractivity contribution >= 4 is 5.82 Å². The van der Waals surface area contributed by atoms with E-state index in [1.54, 1.807) is 6.08 Å². The highest BCUT2D eigenvalue weighted by molar-refractivity contribution is 5.23. The third-order valence-corrected chi connectivity index (χ3v) is 2.98. The molecule has 0 aliphatic carbocycles. The standard InChI is InChI=1S/C12H17N3O5/c1-2-5-19-6-7-9(16)10(17)11(20-7)15-4-3-8(13)14-12(15)18/h2-4,7,9-11,16-17H,1,5-6H2,(H2,13,14,18)/t7-,9-,10-,11-/m1/s1. The van der Waals surface area contributed by atoms with Crippen LogP contribution in [0.3, 0.4) is 0 Å². The molecule has 110 valence electrons. The second kappa shape index (κ2) is 6.14. The number of aliphatic hydroxyl groups is 2. The molecule has 0 unspecified atom stereocenters. The Labute approximate surface area is 115 Å². The molecule has 8 nitrogen and oxygen atoms in total. The van der Waals surface area contributed by atoms with Crippen LogP contribution in [0.4, 0.5) is 5.82 Å². The topological polar surface area (TPSA) is 120 Å². The van der Waals surface area contributed by atoms with Crippen LogP contribution < -0.4 is 11.4 Å². The van der Waals surface area contributed by atoms with Gasteiger partial charge in [-0.05, 0) is 6.07 Å². The first-order valence-electron chi connectivity index (χ1n) is 6.09. The first-order valence-corrected chi connectivity index (χ1v) is 6.09. The van der Waals surface area contributed by atoms with Crippen LogP contribution in [0, 0.1) is 0 Å². The van der Waals surface area contributed by atoms with Crippen molar-refractivity contribution in [3.8, 4) is 0 Å². The molecular weight excluding hydrogens is 266 g/mol. The van der Waals surface area contributed by atoms with Gasteiger partial charge in [0.2, 0.25) is 0 Å². The van der Waals surface area contributed by atoms with Gasteiger partial charge >= 0.3 is 5.69 Å². The fourth-order valence-corrected chi connectivity index (χ4v) is 1.98. The van der Waals surface area contributed by atoms with Crippen LogP contribution in [0.5, 0.6) is 0 Å². The zero-order valence-corrected chi connectivity index (χ0v) is 10.8. The monoisotopic (exact) mass is 283 g/mol. The van der Waals surface area contributed by atoms with Crippen LogP contribution in [0.25, 0.3) is 0 Å². The van der Waals surface area contributed by atoms with E-state index in [4.69, 9.17) is 15.2 Å². The van der Waals surface area contributed by atoms with Crippen molar-refractivity contribution in [1.29, 1.82) is 0 Å². The highest BCUT2D eigenvalue weighted by Gasteiger charge is 2.44. The van der Waals surface area contributed by atoms with Gasteiger partial charge in [-0.1, -0.05) is 6.08 Å². The minimum Gasteiger partial charge on any atom is -0.387 e. The summed E-state index contributed by atoms with van der Waals surface area (Å²) in [6, 6.07) is 1.41. The highest BCUT2D eigenvalue weighted by Crippen LogP contribution is 2.28. The molecular formula is C12H17N3O5. The van der Waals surface area contributed by atoms with E-state index in [0.29, 0.717) is 6.61 Å². The summed E-state index contributed by atoms with van der Waals surface area (Å²) < 4.78 is 11.7. The molecule has 20 heavy (non-hydrogen) atoms. The lowest BCUT2D eigenvalue weighted by Crippen LogP contribution is -2.36. The number of ether oxygens (including phenoxy) is 2. The molecule has 4 N–H and O–H groups in total. The minimum absolute atomic E-state index is 0.0742. The van der Waals surface area contributed by atoms with E-state index < -0.39 is 30.2 Å². The van der Waals surface area contributed by atoms with Crippen LogP contribution in [0.15, 0.2) is 29.7 Å². The van der Waals surface area contributed by atoms with E-state index in [2.05, 4.69) is 11.6 Å². The summed E-state index contributed by atoms with van der Waals surface area (Å²) in [7, 11) is 0. The molecule has 8 heteroatoms. The average molecular weight is 283 g/mol. The Balaban J connectivity index is 2.13. The molecule has 1 aromatic rings. The fourth-order valence-electron chi connectivity index (χ4n) is 1.98. The van der Waals surface area contributed by atoms with Crippen molar-refractivity contribution in [3.63, 3.8) is 0 Å². The Kier molecular flexibility index (Phi) is 4.50. The maximum Gasteiger partial charge on any atom is 0.351 e. The Morgan fingerprint density at radius 3 is 2.95 bits per heavy atom.